The molecule has 0 bridgehead atoms. The van der Waals surface area contributed by atoms with Crippen LogP contribution in [0.1, 0.15) is 55.7 Å². The van der Waals surface area contributed by atoms with Crippen LogP contribution >= 0.6 is 0 Å². The molecule has 2 aromatic rings. The van der Waals surface area contributed by atoms with E-state index in [1.165, 1.54) is 11.3 Å². The molecule has 9 heteroatoms. The second-order valence-electron chi connectivity index (χ2n) is 9.95. The molecule has 1 aliphatic carbocycles. The Morgan fingerprint density at radius 3 is 2.27 bits per heavy atom. The fraction of sp³-hybridized carbons (Fsp3) is 0.500. The van der Waals surface area contributed by atoms with Crippen molar-refractivity contribution in [2.75, 3.05) is 24.2 Å². The van der Waals surface area contributed by atoms with Gasteiger partial charge in [0.05, 0.1) is 19.1 Å². The molecule has 0 spiro atoms. The zero-order valence-corrected chi connectivity index (χ0v) is 23.3. The first-order valence-corrected chi connectivity index (χ1v) is 14.6. The van der Waals surface area contributed by atoms with Gasteiger partial charge in [-0.1, -0.05) is 49.1 Å². The predicted molar refractivity (Wildman–Crippen MR) is 146 cm³/mol. The monoisotopic (exact) mass is 529 g/mol. The quantitative estimate of drug-likeness (QED) is 0.503. The van der Waals surface area contributed by atoms with Crippen molar-refractivity contribution in [3.63, 3.8) is 0 Å². The highest BCUT2D eigenvalue weighted by Gasteiger charge is 2.31. The number of rotatable bonds is 10. The molecule has 0 saturated heterocycles. The summed E-state index contributed by atoms with van der Waals surface area (Å²) in [6, 6.07) is 12.0. The number of benzene rings is 2. The summed E-state index contributed by atoms with van der Waals surface area (Å²) >= 11 is 0. The standard InChI is InChI=1S/C28H39N3O5S/c1-20-11-16-26(21(2)17-20)31(37(5,34)35)19-27(32)30(18-23-12-14-25(36-4)15-13-23)22(3)28(33)29-24-9-7-6-8-10-24/h11-17,22,24H,6-10,18-19H2,1-5H3,(H,29,33). The van der Waals surface area contributed by atoms with Gasteiger partial charge in [-0.25, -0.2) is 8.42 Å². The number of nitrogens with zero attached hydrogens (tertiary/aromatic N) is 2. The van der Waals surface area contributed by atoms with Crippen molar-refractivity contribution in [1.82, 2.24) is 10.2 Å². The fourth-order valence-electron chi connectivity index (χ4n) is 4.76. The molecule has 202 valence electrons. The molecule has 2 amide bonds. The van der Waals surface area contributed by atoms with E-state index >= 15 is 0 Å². The van der Waals surface area contributed by atoms with Gasteiger partial charge in [-0.2, -0.15) is 0 Å². The van der Waals surface area contributed by atoms with Crippen LogP contribution in [0, 0.1) is 13.8 Å². The summed E-state index contributed by atoms with van der Waals surface area (Å²) in [5.41, 5.74) is 3.01. The first-order chi connectivity index (χ1) is 17.5. The molecule has 0 aliphatic heterocycles. The molecular formula is C28H39N3O5S. The van der Waals surface area contributed by atoms with Crippen LogP contribution < -0.4 is 14.4 Å². The predicted octanol–water partition coefficient (Wildman–Crippen LogP) is 3.94. The molecule has 0 radical (unpaired) electrons. The van der Waals surface area contributed by atoms with Gasteiger partial charge < -0.3 is 15.0 Å². The van der Waals surface area contributed by atoms with Crippen LogP contribution in [-0.2, 0) is 26.2 Å². The van der Waals surface area contributed by atoms with Crippen LogP contribution in [0.25, 0.3) is 0 Å². The number of nitrogens with one attached hydrogen (secondary N) is 1. The highest BCUT2D eigenvalue weighted by Crippen LogP contribution is 2.25. The maximum absolute atomic E-state index is 13.7. The first kappa shape index (κ1) is 28.5. The molecule has 8 nitrogen and oxygen atoms in total. The van der Waals surface area contributed by atoms with Gasteiger partial charge in [0, 0.05) is 12.6 Å². The highest BCUT2D eigenvalue weighted by molar-refractivity contribution is 7.92. The van der Waals surface area contributed by atoms with E-state index in [1.54, 1.807) is 32.2 Å². The minimum atomic E-state index is -3.76. The van der Waals surface area contributed by atoms with Crippen LogP contribution in [-0.4, -0.2) is 57.1 Å². The number of carbonyl (C=O) groups is 2. The van der Waals surface area contributed by atoms with Gasteiger partial charge in [0.1, 0.15) is 18.3 Å². The number of anilines is 1. The summed E-state index contributed by atoms with van der Waals surface area (Å²) < 4.78 is 31.9. The van der Waals surface area contributed by atoms with Crippen molar-refractivity contribution in [2.24, 2.45) is 0 Å². The largest absolute Gasteiger partial charge is 0.497 e. The summed E-state index contributed by atoms with van der Waals surface area (Å²) in [6.45, 7) is 5.20. The smallest absolute Gasteiger partial charge is 0.244 e. The molecule has 1 fully saturated rings. The van der Waals surface area contributed by atoms with E-state index in [0.717, 1.165) is 52.9 Å². The van der Waals surface area contributed by atoms with Gasteiger partial charge in [0.15, 0.2) is 0 Å². The number of amides is 2. The Morgan fingerprint density at radius 2 is 1.70 bits per heavy atom. The SMILES string of the molecule is COc1ccc(CN(C(=O)CN(c2ccc(C)cc2C)S(C)(=O)=O)C(C)C(=O)NC2CCCCC2)cc1. The number of methoxy groups -OCH3 is 1. The highest BCUT2D eigenvalue weighted by atomic mass is 32.2. The van der Waals surface area contributed by atoms with Crippen LogP contribution in [0.2, 0.25) is 0 Å². The Bertz CT molecular complexity index is 1190. The fourth-order valence-corrected chi connectivity index (χ4v) is 5.67. The molecule has 3 rings (SSSR count). The van der Waals surface area contributed by atoms with Crippen molar-refractivity contribution in [1.29, 1.82) is 0 Å². The van der Waals surface area contributed by atoms with Crippen molar-refractivity contribution in [3.05, 3.63) is 59.2 Å². The molecule has 0 heterocycles. The number of sulfonamides is 1. The zero-order chi connectivity index (χ0) is 27.2. The summed E-state index contributed by atoms with van der Waals surface area (Å²) in [5, 5.41) is 3.10. The van der Waals surface area contributed by atoms with E-state index in [4.69, 9.17) is 4.74 Å². The second-order valence-corrected chi connectivity index (χ2v) is 11.9. The Kier molecular flexibility index (Phi) is 9.59. The lowest BCUT2D eigenvalue weighted by Crippen LogP contribution is -2.53. The average Bonchev–Trinajstić information content (AvgIpc) is 2.86. The van der Waals surface area contributed by atoms with Crippen molar-refractivity contribution >= 4 is 27.5 Å². The maximum Gasteiger partial charge on any atom is 0.244 e. The topological polar surface area (TPSA) is 96.0 Å². The summed E-state index contributed by atoms with van der Waals surface area (Å²) in [6.07, 6.45) is 6.27. The number of carbonyl (C=O) groups excluding carboxylic acids is 2. The summed E-state index contributed by atoms with van der Waals surface area (Å²) in [5.74, 6) is 0.00140. The zero-order valence-electron chi connectivity index (χ0n) is 22.5. The van der Waals surface area contributed by atoms with E-state index in [0.29, 0.717) is 11.4 Å². The Morgan fingerprint density at radius 1 is 1.05 bits per heavy atom. The molecule has 0 aromatic heterocycles. The summed E-state index contributed by atoms with van der Waals surface area (Å²) in [4.78, 5) is 28.4. The molecule has 1 saturated carbocycles. The third-order valence-corrected chi connectivity index (χ3v) is 8.06. The maximum atomic E-state index is 13.7. The van der Waals surface area contributed by atoms with E-state index in [1.807, 2.05) is 38.1 Å². The minimum absolute atomic E-state index is 0.101. The number of aryl methyl sites for hydroxylation is 2. The number of ether oxygens (including phenoxy) is 1. The van der Waals surface area contributed by atoms with Gasteiger partial charge in [0.2, 0.25) is 21.8 Å². The van der Waals surface area contributed by atoms with Crippen LogP contribution in [0.5, 0.6) is 5.75 Å². The van der Waals surface area contributed by atoms with Crippen molar-refractivity contribution in [3.8, 4) is 5.75 Å². The van der Waals surface area contributed by atoms with Gasteiger partial charge in [-0.3, -0.25) is 13.9 Å². The van der Waals surface area contributed by atoms with Crippen molar-refractivity contribution < 1.29 is 22.7 Å². The lowest BCUT2D eigenvalue weighted by Gasteiger charge is -2.33. The van der Waals surface area contributed by atoms with E-state index in [-0.39, 0.29) is 18.5 Å². The molecule has 2 aromatic carbocycles. The average molecular weight is 530 g/mol. The van der Waals surface area contributed by atoms with E-state index in [2.05, 4.69) is 5.32 Å². The molecule has 1 N–H and O–H groups in total. The Labute approximate surface area is 221 Å². The van der Waals surface area contributed by atoms with Gasteiger partial charge in [-0.05, 0) is 62.9 Å². The van der Waals surface area contributed by atoms with Crippen LogP contribution in [0.3, 0.4) is 0 Å². The number of hydrogen-bond donors (Lipinski definition) is 1. The van der Waals surface area contributed by atoms with Gasteiger partial charge in [-0.15, -0.1) is 0 Å². The Balaban J connectivity index is 1.89. The van der Waals surface area contributed by atoms with E-state index < -0.39 is 28.5 Å². The number of hydrogen-bond acceptors (Lipinski definition) is 5. The normalized spacial score (nSPS) is 15.1. The van der Waals surface area contributed by atoms with Gasteiger partial charge in [0.25, 0.3) is 0 Å². The second kappa shape index (κ2) is 12.4. The van der Waals surface area contributed by atoms with Crippen LogP contribution in [0.4, 0.5) is 5.69 Å². The molecule has 1 atom stereocenters. The molecule has 1 unspecified atom stereocenters. The lowest BCUT2D eigenvalue weighted by atomic mass is 9.95. The van der Waals surface area contributed by atoms with Crippen LogP contribution in [0.15, 0.2) is 42.5 Å². The third kappa shape index (κ3) is 7.71. The molecular weight excluding hydrogens is 490 g/mol. The third-order valence-electron chi connectivity index (χ3n) is 6.93. The Hall–Kier alpha value is -3.07. The van der Waals surface area contributed by atoms with Crippen molar-refractivity contribution in [2.45, 2.75) is 71.5 Å². The molecule has 37 heavy (non-hydrogen) atoms. The lowest BCUT2D eigenvalue weighted by molar-refractivity contribution is -0.139. The van der Waals surface area contributed by atoms with E-state index in [9.17, 15) is 18.0 Å². The van der Waals surface area contributed by atoms with Gasteiger partial charge >= 0.3 is 0 Å². The summed E-state index contributed by atoms with van der Waals surface area (Å²) in [7, 11) is -2.18. The first-order valence-electron chi connectivity index (χ1n) is 12.8. The molecule has 1 aliphatic rings. The minimum Gasteiger partial charge on any atom is -0.497 e.